The molecule has 1 rings (SSSR count). The third-order valence-electron chi connectivity index (χ3n) is 2.30. The van der Waals surface area contributed by atoms with E-state index < -0.39 is 0 Å². The topological polar surface area (TPSA) is 21.3 Å². The second-order valence-electron chi connectivity index (χ2n) is 3.72. The van der Waals surface area contributed by atoms with Gasteiger partial charge < -0.3 is 10.1 Å². The molecule has 1 aromatic carbocycles. The van der Waals surface area contributed by atoms with Crippen molar-refractivity contribution in [3.05, 3.63) is 29.8 Å². The van der Waals surface area contributed by atoms with Crippen molar-refractivity contribution in [3.8, 4) is 5.75 Å². The first-order valence-corrected chi connectivity index (χ1v) is 5.03. The summed E-state index contributed by atoms with van der Waals surface area (Å²) in [5.41, 5.74) is 1.37. The van der Waals surface area contributed by atoms with E-state index in [2.05, 4.69) is 24.4 Å². The van der Waals surface area contributed by atoms with E-state index in [1.807, 2.05) is 19.2 Å². The number of rotatable bonds is 5. The maximum atomic E-state index is 5.11. The monoisotopic (exact) mass is 193 g/mol. The quantitative estimate of drug-likeness (QED) is 0.773. The summed E-state index contributed by atoms with van der Waals surface area (Å²) in [6.45, 7) is 3.31. The van der Waals surface area contributed by atoms with Crippen LogP contribution < -0.4 is 10.1 Å². The lowest BCUT2D eigenvalue weighted by Gasteiger charge is -2.10. The number of methoxy groups -OCH3 is 1. The normalized spacial score (nSPS) is 12.5. The fraction of sp³-hybridized carbons (Fsp3) is 0.500. The molecule has 78 valence electrons. The van der Waals surface area contributed by atoms with Crippen molar-refractivity contribution >= 4 is 0 Å². The third-order valence-corrected chi connectivity index (χ3v) is 2.30. The number of benzene rings is 1. The van der Waals surface area contributed by atoms with Gasteiger partial charge in [0.2, 0.25) is 0 Å². The van der Waals surface area contributed by atoms with Crippen LogP contribution in [0.2, 0.25) is 0 Å². The zero-order chi connectivity index (χ0) is 10.4. The van der Waals surface area contributed by atoms with Gasteiger partial charge in [-0.3, -0.25) is 0 Å². The fourth-order valence-electron chi connectivity index (χ4n) is 1.58. The van der Waals surface area contributed by atoms with Gasteiger partial charge >= 0.3 is 0 Å². The van der Waals surface area contributed by atoms with Crippen LogP contribution in [0.15, 0.2) is 24.3 Å². The third kappa shape index (κ3) is 3.38. The molecule has 14 heavy (non-hydrogen) atoms. The van der Waals surface area contributed by atoms with Crippen molar-refractivity contribution in [2.24, 2.45) is 5.92 Å². The molecule has 0 bridgehead atoms. The van der Waals surface area contributed by atoms with Crippen molar-refractivity contribution in [3.63, 3.8) is 0 Å². The Morgan fingerprint density at radius 2 is 1.93 bits per heavy atom. The van der Waals surface area contributed by atoms with Crippen LogP contribution in [0.5, 0.6) is 5.75 Å². The number of hydrogen-bond donors (Lipinski definition) is 1. The predicted octanol–water partition coefficient (Wildman–Crippen LogP) is 2.09. The molecule has 1 atom stereocenters. The summed E-state index contributed by atoms with van der Waals surface area (Å²) in [5, 5.41) is 3.19. The minimum atomic E-state index is 0.674. The molecule has 0 heterocycles. The highest BCUT2D eigenvalue weighted by molar-refractivity contribution is 5.27. The Hall–Kier alpha value is -1.02. The molecule has 0 amide bonds. The van der Waals surface area contributed by atoms with E-state index in [4.69, 9.17) is 4.74 Å². The maximum Gasteiger partial charge on any atom is 0.118 e. The fourth-order valence-corrected chi connectivity index (χ4v) is 1.58. The van der Waals surface area contributed by atoms with Gasteiger partial charge in [-0.2, -0.15) is 0 Å². The molecule has 1 N–H and O–H groups in total. The molecule has 1 unspecified atom stereocenters. The standard InChI is InChI=1S/C12H19NO/c1-10(9-13-2)8-11-4-6-12(14-3)7-5-11/h4-7,10,13H,8-9H2,1-3H3. The smallest absolute Gasteiger partial charge is 0.118 e. The SMILES string of the molecule is CNCC(C)Cc1ccc(OC)cc1. The van der Waals surface area contributed by atoms with Gasteiger partial charge in [0.05, 0.1) is 7.11 Å². The first-order valence-electron chi connectivity index (χ1n) is 5.03. The summed E-state index contributed by atoms with van der Waals surface area (Å²) in [6, 6.07) is 8.29. The van der Waals surface area contributed by atoms with Gasteiger partial charge in [-0.05, 0) is 43.6 Å². The highest BCUT2D eigenvalue weighted by atomic mass is 16.5. The van der Waals surface area contributed by atoms with E-state index in [9.17, 15) is 0 Å². The second kappa shape index (κ2) is 5.66. The second-order valence-corrected chi connectivity index (χ2v) is 3.72. The molecule has 0 aliphatic heterocycles. The highest BCUT2D eigenvalue weighted by Crippen LogP contribution is 2.14. The lowest BCUT2D eigenvalue weighted by molar-refractivity contribution is 0.414. The highest BCUT2D eigenvalue weighted by Gasteiger charge is 2.02. The van der Waals surface area contributed by atoms with E-state index >= 15 is 0 Å². The molecule has 0 saturated heterocycles. The van der Waals surface area contributed by atoms with Gasteiger partial charge in [0.25, 0.3) is 0 Å². The van der Waals surface area contributed by atoms with Crippen molar-refractivity contribution in [1.82, 2.24) is 5.32 Å². The van der Waals surface area contributed by atoms with E-state index in [1.165, 1.54) is 5.56 Å². The molecule has 2 heteroatoms. The maximum absolute atomic E-state index is 5.11. The molecule has 0 fully saturated rings. The Morgan fingerprint density at radius 1 is 1.29 bits per heavy atom. The lowest BCUT2D eigenvalue weighted by atomic mass is 10.0. The van der Waals surface area contributed by atoms with E-state index in [0.29, 0.717) is 5.92 Å². The molecule has 0 aliphatic carbocycles. The Kier molecular flexibility index (Phi) is 4.47. The molecular formula is C12H19NO. The summed E-state index contributed by atoms with van der Waals surface area (Å²) in [4.78, 5) is 0. The molecule has 0 spiro atoms. The molecule has 1 aromatic rings. The van der Waals surface area contributed by atoms with Crippen molar-refractivity contribution in [2.75, 3.05) is 20.7 Å². The molecule has 0 radical (unpaired) electrons. The zero-order valence-corrected chi connectivity index (χ0v) is 9.21. The van der Waals surface area contributed by atoms with Crippen molar-refractivity contribution < 1.29 is 4.74 Å². The summed E-state index contributed by atoms with van der Waals surface area (Å²) in [6.07, 6.45) is 1.12. The van der Waals surface area contributed by atoms with Crippen molar-refractivity contribution in [2.45, 2.75) is 13.3 Å². The lowest BCUT2D eigenvalue weighted by Crippen LogP contribution is -2.17. The van der Waals surface area contributed by atoms with Gasteiger partial charge in [0, 0.05) is 0 Å². The van der Waals surface area contributed by atoms with Gasteiger partial charge in [0.15, 0.2) is 0 Å². The Balaban J connectivity index is 2.50. The van der Waals surface area contributed by atoms with Gasteiger partial charge in [-0.15, -0.1) is 0 Å². The Morgan fingerprint density at radius 3 is 2.43 bits per heavy atom. The van der Waals surface area contributed by atoms with Gasteiger partial charge in [-0.25, -0.2) is 0 Å². The molecular weight excluding hydrogens is 174 g/mol. The van der Waals surface area contributed by atoms with Crippen LogP contribution in [0, 0.1) is 5.92 Å². The van der Waals surface area contributed by atoms with E-state index in [1.54, 1.807) is 7.11 Å². The minimum absolute atomic E-state index is 0.674. The summed E-state index contributed by atoms with van der Waals surface area (Å²) >= 11 is 0. The van der Waals surface area contributed by atoms with E-state index in [-0.39, 0.29) is 0 Å². The van der Waals surface area contributed by atoms with Crippen molar-refractivity contribution in [1.29, 1.82) is 0 Å². The van der Waals surface area contributed by atoms with Crippen LogP contribution in [0.4, 0.5) is 0 Å². The molecule has 2 nitrogen and oxygen atoms in total. The molecule has 0 saturated carbocycles. The first kappa shape index (κ1) is 11.1. The predicted molar refractivity (Wildman–Crippen MR) is 59.8 cm³/mol. The van der Waals surface area contributed by atoms with Crippen LogP contribution >= 0.6 is 0 Å². The summed E-state index contributed by atoms with van der Waals surface area (Å²) < 4.78 is 5.11. The van der Waals surface area contributed by atoms with Crippen LogP contribution in [-0.4, -0.2) is 20.7 Å². The number of ether oxygens (including phenoxy) is 1. The molecule has 0 aromatic heterocycles. The average molecular weight is 193 g/mol. The van der Waals surface area contributed by atoms with Gasteiger partial charge in [-0.1, -0.05) is 19.1 Å². The van der Waals surface area contributed by atoms with E-state index in [0.717, 1.165) is 18.7 Å². The average Bonchev–Trinajstić information content (AvgIpc) is 2.19. The number of hydrogen-bond acceptors (Lipinski definition) is 2. The first-order chi connectivity index (χ1) is 6.76. The largest absolute Gasteiger partial charge is 0.497 e. The van der Waals surface area contributed by atoms with Crippen LogP contribution in [0.25, 0.3) is 0 Å². The Bertz CT molecular complexity index is 256. The van der Waals surface area contributed by atoms with Gasteiger partial charge in [0.1, 0.15) is 5.75 Å². The van der Waals surface area contributed by atoms with Crippen LogP contribution in [-0.2, 0) is 6.42 Å². The summed E-state index contributed by atoms with van der Waals surface area (Å²) in [5.74, 6) is 1.60. The summed E-state index contributed by atoms with van der Waals surface area (Å²) in [7, 11) is 3.68. The van der Waals surface area contributed by atoms with Crippen LogP contribution in [0.1, 0.15) is 12.5 Å². The Labute approximate surface area is 86.3 Å². The minimum Gasteiger partial charge on any atom is -0.497 e. The number of nitrogens with one attached hydrogen (secondary N) is 1. The molecule has 0 aliphatic rings. The van der Waals surface area contributed by atoms with Crippen LogP contribution in [0.3, 0.4) is 0 Å². The zero-order valence-electron chi connectivity index (χ0n) is 9.21.